The highest BCUT2D eigenvalue weighted by atomic mass is 35.5. The Bertz CT molecular complexity index is 352. The lowest BCUT2D eigenvalue weighted by Crippen LogP contribution is -2.22. The minimum atomic E-state index is 0.283. The van der Waals surface area contributed by atoms with Gasteiger partial charge in [0.2, 0.25) is 0 Å². The first-order chi connectivity index (χ1) is 8.69. The molecule has 1 nitrogen and oxygen atoms in total. The van der Waals surface area contributed by atoms with Gasteiger partial charge in [-0.25, -0.2) is 0 Å². The van der Waals surface area contributed by atoms with Crippen molar-refractivity contribution in [1.29, 1.82) is 0 Å². The predicted molar refractivity (Wildman–Crippen MR) is 77.5 cm³/mol. The maximum absolute atomic E-state index is 6.58. The molecular weight excluding hydrogens is 244 g/mol. The standard InChI is InChI=1S/C16H23ClO/c1-12-3-7-14(8-4-12)16(17)11-13-5-9-15(18-2)10-6-13/h5-6,9-10,12,14,16H,3-4,7-8,11H2,1-2H3. The van der Waals surface area contributed by atoms with Crippen molar-refractivity contribution >= 4 is 11.6 Å². The molecule has 2 heteroatoms. The Hall–Kier alpha value is -0.690. The van der Waals surface area contributed by atoms with E-state index in [0.29, 0.717) is 5.92 Å². The topological polar surface area (TPSA) is 9.23 Å². The van der Waals surface area contributed by atoms with Crippen LogP contribution in [0, 0.1) is 11.8 Å². The number of ether oxygens (including phenoxy) is 1. The molecule has 18 heavy (non-hydrogen) atoms. The van der Waals surface area contributed by atoms with Gasteiger partial charge in [-0.15, -0.1) is 11.6 Å². The SMILES string of the molecule is COc1ccc(CC(Cl)C2CCC(C)CC2)cc1. The van der Waals surface area contributed by atoms with Gasteiger partial charge in [0.15, 0.2) is 0 Å². The second-order valence-electron chi connectivity index (χ2n) is 5.59. The fraction of sp³-hybridized carbons (Fsp3) is 0.625. The Labute approximate surface area is 115 Å². The highest BCUT2D eigenvalue weighted by Crippen LogP contribution is 2.33. The van der Waals surface area contributed by atoms with E-state index in [1.807, 2.05) is 12.1 Å². The van der Waals surface area contributed by atoms with E-state index in [0.717, 1.165) is 18.1 Å². The fourth-order valence-electron chi connectivity index (χ4n) is 2.80. The van der Waals surface area contributed by atoms with Gasteiger partial charge < -0.3 is 4.74 Å². The third-order valence-corrected chi connectivity index (χ3v) is 4.67. The zero-order valence-electron chi connectivity index (χ0n) is 11.4. The second kappa shape index (κ2) is 6.47. The van der Waals surface area contributed by atoms with Gasteiger partial charge in [-0.3, -0.25) is 0 Å². The normalized spacial score (nSPS) is 25.7. The molecule has 1 aliphatic carbocycles. The minimum Gasteiger partial charge on any atom is -0.497 e. The molecule has 0 N–H and O–H groups in total. The summed E-state index contributed by atoms with van der Waals surface area (Å²) in [5.74, 6) is 2.51. The van der Waals surface area contributed by atoms with Gasteiger partial charge in [0.25, 0.3) is 0 Å². The molecule has 1 atom stereocenters. The summed E-state index contributed by atoms with van der Waals surface area (Å²) in [7, 11) is 1.70. The number of halogens is 1. The van der Waals surface area contributed by atoms with E-state index in [4.69, 9.17) is 16.3 Å². The van der Waals surface area contributed by atoms with E-state index in [-0.39, 0.29) is 5.38 Å². The Morgan fingerprint density at radius 2 is 1.78 bits per heavy atom. The third kappa shape index (κ3) is 3.65. The first kappa shape index (κ1) is 13.7. The van der Waals surface area contributed by atoms with Crippen molar-refractivity contribution in [3.8, 4) is 5.75 Å². The molecule has 2 rings (SSSR count). The van der Waals surface area contributed by atoms with E-state index in [1.54, 1.807) is 7.11 Å². The van der Waals surface area contributed by atoms with E-state index in [9.17, 15) is 0 Å². The molecule has 100 valence electrons. The summed E-state index contributed by atoms with van der Waals surface area (Å²) < 4.78 is 5.17. The maximum Gasteiger partial charge on any atom is 0.118 e. The van der Waals surface area contributed by atoms with Gasteiger partial charge in [-0.2, -0.15) is 0 Å². The molecule has 1 aliphatic rings. The van der Waals surface area contributed by atoms with E-state index < -0.39 is 0 Å². The van der Waals surface area contributed by atoms with Crippen LogP contribution in [0.2, 0.25) is 0 Å². The average Bonchev–Trinajstić information content (AvgIpc) is 2.40. The summed E-state index contributed by atoms with van der Waals surface area (Å²) >= 11 is 6.58. The average molecular weight is 267 g/mol. The molecule has 0 heterocycles. The van der Waals surface area contributed by atoms with Gasteiger partial charge in [-0.05, 0) is 48.8 Å². The number of hydrogen-bond donors (Lipinski definition) is 0. The molecule has 0 saturated heterocycles. The van der Waals surface area contributed by atoms with Gasteiger partial charge in [0, 0.05) is 5.38 Å². The van der Waals surface area contributed by atoms with Crippen LogP contribution in [0.4, 0.5) is 0 Å². The summed E-state index contributed by atoms with van der Waals surface area (Å²) in [4.78, 5) is 0. The number of methoxy groups -OCH3 is 1. The molecule has 0 radical (unpaired) electrons. The number of benzene rings is 1. The first-order valence-electron chi connectivity index (χ1n) is 6.96. The Morgan fingerprint density at radius 1 is 1.17 bits per heavy atom. The monoisotopic (exact) mass is 266 g/mol. The van der Waals surface area contributed by atoms with Crippen LogP contribution < -0.4 is 4.74 Å². The highest BCUT2D eigenvalue weighted by Gasteiger charge is 2.24. The highest BCUT2D eigenvalue weighted by molar-refractivity contribution is 6.20. The van der Waals surface area contributed by atoms with E-state index >= 15 is 0 Å². The lowest BCUT2D eigenvalue weighted by molar-refractivity contribution is 0.281. The molecule has 0 spiro atoms. The van der Waals surface area contributed by atoms with Crippen molar-refractivity contribution in [2.45, 2.75) is 44.4 Å². The van der Waals surface area contributed by atoms with Crippen LogP contribution in [0.15, 0.2) is 24.3 Å². The number of hydrogen-bond acceptors (Lipinski definition) is 1. The summed E-state index contributed by atoms with van der Waals surface area (Å²) in [5.41, 5.74) is 1.31. The zero-order valence-corrected chi connectivity index (χ0v) is 12.1. The van der Waals surface area contributed by atoms with Crippen molar-refractivity contribution < 1.29 is 4.74 Å². The third-order valence-electron chi connectivity index (χ3n) is 4.16. The van der Waals surface area contributed by atoms with Gasteiger partial charge in [0.05, 0.1) is 7.11 Å². The summed E-state index contributed by atoms with van der Waals surface area (Å²) in [6.45, 7) is 2.35. The Kier molecular flexibility index (Phi) is 4.94. The van der Waals surface area contributed by atoms with Crippen molar-refractivity contribution in [3.63, 3.8) is 0 Å². The minimum absolute atomic E-state index is 0.283. The van der Waals surface area contributed by atoms with Gasteiger partial charge >= 0.3 is 0 Å². The van der Waals surface area contributed by atoms with Crippen molar-refractivity contribution in [2.24, 2.45) is 11.8 Å². The molecule has 0 bridgehead atoms. The second-order valence-corrected chi connectivity index (χ2v) is 6.15. The summed E-state index contributed by atoms with van der Waals surface area (Å²) in [6.07, 6.45) is 6.26. The Balaban J connectivity index is 1.87. The van der Waals surface area contributed by atoms with Crippen LogP contribution in [-0.2, 0) is 6.42 Å². The number of alkyl halides is 1. The molecule has 1 saturated carbocycles. The summed E-state index contributed by atoms with van der Waals surface area (Å²) in [5, 5.41) is 0.283. The molecule has 0 amide bonds. The smallest absolute Gasteiger partial charge is 0.118 e. The molecule has 1 unspecified atom stereocenters. The van der Waals surface area contributed by atoms with Gasteiger partial charge in [0.1, 0.15) is 5.75 Å². The van der Waals surface area contributed by atoms with Crippen molar-refractivity contribution in [3.05, 3.63) is 29.8 Å². The first-order valence-corrected chi connectivity index (χ1v) is 7.39. The zero-order chi connectivity index (χ0) is 13.0. The lowest BCUT2D eigenvalue weighted by atomic mass is 9.80. The maximum atomic E-state index is 6.58. The van der Waals surface area contributed by atoms with Crippen LogP contribution in [0.25, 0.3) is 0 Å². The largest absolute Gasteiger partial charge is 0.497 e. The van der Waals surface area contributed by atoms with Crippen LogP contribution in [0.3, 0.4) is 0 Å². The van der Waals surface area contributed by atoms with Crippen molar-refractivity contribution in [1.82, 2.24) is 0 Å². The fourth-order valence-corrected chi connectivity index (χ4v) is 3.23. The number of rotatable bonds is 4. The molecule has 1 aromatic carbocycles. The van der Waals surface area contributed by atoms with Crippen LogP contribution in [0.5, 0.6) is 5.75 Å². The van der Waals surface area contributed by atoms with Gasteiger partial charge in [-0.1, -0.05) is 31.9 Å². The summed E-state index contributed by atoms with van der Waals surface area (Å²) in [6, 6.07) is 8.28. The molecule has 0 aromatic heterocycles. The van der Waals surface area contributed by atoms with Crippen LogP contribution in [0.1, 0.15) is 38.2 Å². The quantitative estimate of drug-likeness (QED) is 0.720. The predicted octanol–water partition coefficient (Wildman–Crippen LogP) is 4.67. The lowest BCUT2D eigenvalue weighted by Gasteiger charge is -2.29. The molecule has 0 aliphatic heterocycles. The van der Waals surface area contributed by atoms with Crippen molar-refractivity contribution in [2.75, 3.05) is 7.11 Å². The van der Waals surface area contributed by atoms with Crippen LogP contribution >= 0.6 is 11.6 Å². The van der Waals surface area contributed by atoms with Crippen LogP contribution in [-0.4, -0.2) is 12.5 Å². The van der Waals surface area contributed by atoms with E-state index in [1.165, 1.54) is 31.2 Å². The van der Waals surface area contributed by atoms with E-state index in [2.05, 4.69) is 19.1 Å². The molecule has 1 aromatic rings. The molecular formula is C16H23ClO. The Morgan fingerprint density at radius 3 is 2.33 bits per heavy atom. The molecule has 1 fully saturated rings.